The lowest BCUT2D eigenvalue weighted by atomic mass is 10.1. The number of benzene rings is 2. The zero-order valence-corrected chi connectivity index (χ0v) is 25.6. The van der Waals surface area contributed by atoms with Crippen molar-refractivity contribution < 1.29 is 18.6 Å². The van der Waals surface area contributed by atoms with Gasteiger partial charge in [0.2, 0.25) is 0 Å². The minimum Gasteiger partial charge on any atom is -0.444 e. The molecular weight excluding hydrogens is 589 g/mol. The van der Waals surface area contributed by atoms with Crippen molar-refractivity contribution in [3.05, 3.63) is 72.3 Å². The summed E-state index contributed by atoms with van der Waals surface area (Å²) in [6, 6.07) is 19.4. The minimum absolute atomic E-state index is 0.367. The second-order valence-electron chi connectivity index (χ2n) is 10.1. The van der Waals surface area contributed by atoms with E-state index in [0.717, 1.165) is 21.7 Å². The van der Waals surface area contributed by atoms with E-state index in [1.807, 2.05) is 60.7 Å². The van der Waals surface area contributed by atoms with Crippen LogP contribution in [0.1, 0.15) is 32.4 Å². The zero-order chi connectivity index (χ0) is 30.6. The number of ether oxygens (including phenoxy) is 1. The molecule has 0 atom stereocenters. The maximum Gasteiger partial charge on any atom is 0.413 e. The van der Waals surface area contributed by atoms with Crippen molar-refractivity contribution in [2.75, 3.05) is 11.1 Å². The van der Waals surface area contributed by atoms with Gasteiger partial charge in [-0.1, -0.05) is 93.7 Å². The number of aryl methyl sites for hydroxylation is 2. The van der Waals surface area contributed by atoms with Gasteiger partial charge in [-0.25, -0.2) is 14.8 Å². The number of carbonyl (C=O) groups excluding carboxylic acids is 1. The van der Waals surface area contributed by atoms with Crippen LogP contribution in [0.15, 0.2) is 69.7 Å². The molecule has 2 aromatic carbocycles. The highest BCUT2D eigenvalue weighted by molar-refractivity contribution is 7.19. The highest BCUT2D eigenvalue weighted by atomic mass is 32.1. The van der Waals surface area contributed by atoms with E-state index in [-0.39, 0.29) is 0 Å². The molecule has 12 nitrogen and oxygen atoms in total. The van der Waals surface area contributed by atoms with E-state index in [2.05, 4.69) is 35.6 Å². The molecule has 0 unspecified atom stereocenters. The van der Waals surface area contributed by atoms with Crippen molar-refractivity contribution in [3.63, 3.8) is 0 Å². The third-order valence-corrected chi connectivity index (χ3v) is 7.25. The number of nitrogens with one attached hydrogen (secondary N) is 1. The van der Waals surface area contributed by atoms with Gasteiger partial charge in [-0.05, 0) is 34.6 Å². The molecule has 0 bridgehead atoms. The Morgan fingerprint density at radius 1 is 0.767 bits per heavy atom. The molecule has 0 fully saturated rings. The Morgan fingerprint density at radius 2 is 1.26 bits per heavy atom. The number of rotatable bonds is 5. The summed E-state index contributed by atoms with van der Waals surface area (Å²) >= 11 is 2.60. The number of carbonyl (C=O) groups is 1. The third-order valence-electron chi connectivity index (χ3n) is 5.42. The van der Waals surface area contributed by atoms with Crippen molar-refractivity contribution in [2.24, 2.45) is 0 Å². The number of amides is 1. The molecule has 3 N–H and O–H groups in total. The molecule has 0 aliphatic carbocycles. The number of anilines is 2. The highest BCUT2D eigenvalue weighted by Gasteiger charge is 2.23. The van der Waals surface area contributed by atoms with Crippen LogP contribution < -0.4 is 11.1 Å². The van der Waals surface area contributed by atoms with Gasteiger partial charge in [-0.15, -0.1) is 0 Å². The van der Waals surface area contributed by atoms with Crippen molar-refractivity contribution in [1.29, 1.82) is 0 Å². The van der Waals surface area contributed by atoms with Gasteiger partial charge in [0.15, 0.2) is 21.9 Å². The zero-order valence-electron chi connectivity index (χ0n) is 24.0. The van der Waals surface area contributed by atoms with E-state index in [9.17, 15) is 4.79 Å². The Morgan fingerprint density at radius 3 is 1.72 bits per heavy atom. The van der Waals surface area contributed by atoms with Crippen LogP contribution in [-0.4, -0.2) is 41.9 Å². The van der Waals surface area contributed by atoms with E-state index in [1.165, 1.54) is 22.7 Å². The minimum atomic E-state index is -0.587. The first-order valence-electron chi connectivity index (χ1n) is 13.0. The van der Waals surface area contributed by atoms with Crippen LogP contribution in [-0.2, 0) is 4.74 Å². The van der Waals surface area contributed by atoms with Gasteiger partial charge < -0.3 is 19.5 Å². The molecule has 0 saturated carbocycles. The van der Waals surface area contributed by atoms with Crippen LogP contribution in [0.4, 0.5) is 15.1 Å². The standard InChI is InChI=1S/C17H18N4O3S.C12H10N4OS/c1-10-18-14(24-21-10)13-12(11-8-6-5-7-9-11)19-15(25-13)20-16(22)23-17(2,3)4;1-7-14-11(17-16-7)10-9(15-12(13)18-10)8-5-3-2-4-6-8/h5-9H,1-4H3,(H,19,20,22);2-6H,1H3,(H2,13,15). The van der Waals surface area contributed by atoms with Gasteiger partial charge in [0.1, 0.15) is 15.4 Å². The second kappa shape index (κ2) is 12.5. The molecule has 1 amide bonds. The number of hydrogen-bond donors (Lipinski definition) is 2. The predicted octanol–water partition coefficient (Wildman–Crippen LogP) is 7.27. The molecule has 0 spiro atoms. The number of aromatic nitrogens is 6. The summed E-state index contributed by atoms with van der Waals surface area (Å²) in [5.74, 6) is 1.95. The van der Waals surface area contributed by atoms with Gasteiger partial charge in [0, 0.05) is 11.1 Å². The quantitative estimate of drug-likeness (QED) is 0.200. The Labute approximate surface area is 255 Å². The van der Waals surface area contributed by atoms with E-state index in [0.29, 0.717) is 44.3 Å². The average Bonchev–Trinajstić information content (AvgIpc) is 3.76. The number of nitrogen functional groups attached to an aromatic ring is 1. The van der Waals surface area contributed by atoms with E-state index < -0.39 is 11.7 Å². The predicted molar refractivity (Wildman–Crippen MR) is 165 cm³/mol. The lowest BCUT2D eigenvalue weighted by molar-refractivity contribution is 0.0636. The average molecular weight is 617 g/mol. The fourth-order valence-electron chi connectivity index (χ4n) is 3.75. The topological polar surface area (TPSA) is 168 Å². The molecule has 6 aromatic rings. The van der Waals surface area contributed by atoms with Crippen LogP contribution in [0.25, 0.3) is 44.1 Å². The van der Waals surface area contributed by atoms with Crippen LogP contribution in [0.5, 0.6) is 0 Å². The maximum atomic E-state index is 12.0. The monoisotopic (exact) mass is 616 g/mol. The highest BCUT2D eigenvalue weighted by Crippen LogP contribution is 2.39. The summed E-state index contributed by atoms with van der Waals surface area (Å²) in [5.41, 5.74) is 8.51. The molecule has 0 aliphatic rings. The lowest BCUT2D eigenvalue weighted by Gasteiger charge is -2.18. The van der Waals surface area contributed by atoms with Crippen LogP contribution >= 0.6 is 22.7 Å². The summed E-state index contributed by atoms with van der Waals surface area (Å²) in [5, 5.41) is 11.2. The molecule has 4 aromatic heterocycles. The number of nitrogens with zero attached hydrogens (tertiary/aromatic N) is 6. The summed E-state index contributed by atoms with van der Waals surface area (Å²) in [6.45, 7) is 8.93. The molecular formula is C29H28N8O4S2. The molecule has 0 aliphatic heterocycles. The van der Waals surface area contributed by atoms with Crippen LogP contribution in [0.3, 0.4) is 0 Å². The third kappa shape index (κ3) is 7.47. The molecule has 0 radical (unpaired) electrons. The maximum absolute atomic E-state index is 12.0. The fourth-order valence-corrected chi connectivity index (χ4v) is 5.42. The van der Waals surface area contributed by atoms with Crippen molar-refractivity contribution in [2.45, 2.75) is 40.2 Å². The Kier molecular flexibility index (Phi) is 8.59. The first kappa shape index (κ1) is 29.5. The Bertz CT molecular complexity index is 1820. The van der Waals surface area contributed by atoms with Crippen LogP contribution in [0, 0.1) is 13.8 Å². The summed E-state index contributed by atoms with van der Waals surface area (Å²) in [4.78, 5) is 30.8. The largest absolute Gasteiger partial charge is 0.444 e. The SMILES string of the molecule is Cc1noc(-c2sc(N)nc2-c2ccccc2)n1.Cc1noc(-c2sc(NC(=O)OC(C)(C)C)nc2-c2ccccc2)n1. The number of thiazole rings is 2. The number of hydrogen-bond acceptors (Lipinski definition) is 13. The van der Waals surface area contributed by atoms with Crippen molar-refractivity contribution >= 4 is 39.0 Å². The molecule has 220 valence electrons. The smallest absolute Gasteiger partial charge is 0.413 e. The van der Waals surface area contributed by atoms with Gasteiger partial charge in [0.05, 0.1) is 11.4 Å². The van der Waals surface area contributed by atoms with Gasteiger partial charge >= 0.3 is 6.09 Å². The van der Waals surface area contributed by atoms with Gasteiger partial charge in [-0.2, -0.15) is 9.97 Å². The Hall–Kier alpha value is -4.95. The first-order chi connectivity index (χ1) is 20.6. The summed E-state index contributed by atoms with van der Waals surface area (Å²) in [6.07, 6.45) is -0.561. The second-order valence-corrected chi connectivity index (χ2v) is 12.1. The van der Waals surface area contributed by atoms with E-state index in [4.69, 9.17) is 19.5 Å². The summed E-state index contributed by atoms with van der Waals surface area (Å²) in [7, 11) is 0. The fraction of sp³-hybridized carbons (Fsp3) is 0.207. The van der Waals surface area contributed by atoms with Crippen LogP contribution in [0.2, 0.25) is 0 Å². The van der Waals surface area contributed by atoms with Gasteiger partial charge in [0.25, 0.3) is 11.8 Å². The first-order valence-corrected chi connectivity index (χ1v) is 14.7. The molecule has 0 saturated heterocycles. The lowest BCUT2D eigenvalue weighted by Crippen LogP contribution is -2.27. The van der Waals surface area contributed by atoms with Gasteiger partial charge in [-0.3, -0.25) is 5.32 Å². The van der Waals surface area contributed by atoms with Crippen molar-refractivity contribution in [3.8, 4) is 44.1 Å². The molecule has 43 heavy (non-hydrogen) atoms. The normalized spacial score (nSPS) is 11.1. The van der Waals surface area contributed by atoms with Crippen molar-refractivity contribution in [1.82, 2.24) is 30.2 Å². The molecule has 4 heterocycles. The number of nitrogens with two attached hydrogens (primary N) is 1. The molecule has 14 heteroatoms. The summed E-state index contributed by atoms with van der Waals surface area (Å²) < 4.78 is 15.7. The van der Waals surface area contributed by atoms with E-state index >= 15 is 0 Å². The molecule has 6 rings (SSSR count). The van der Waals surface area contributed by atoms with E-state index in [1.54, 1.807) is 34.6 Å². The Balaban J connectivity index is 0.000000180.